The Morgan fingerprint density at radius 1 is 1.18 bits per heavy atom. The summed E-state index contributed by atoms with van der Waals surface area (Å²) in [6.07, 6.45) is -8.18. The van der Waals surface area contributed by atoms with Crippen molar-refractivity contribution in [2.24, 2.45) is 5.92 Å². The third-order valence-corrected chi connectivity index (χ3v) is 5.38. The first-order valence-corrected chi connectivity index (χ1v) is 8.65. The van der Waals surface area contributed by atoms with Crippen LogP contribution in [0.4, 0.5) is 0 Å². The lowest BCUT2D eigenvalue weighted by molar-refractivity contribution is -0.344. The Labute approximate surface area is 160 Å². The van der Waals surface area contributed by atoms with Crippen LogP contribution in [0.25, 0.3) is 0 Å². The second kappa shape index (κ2) is 7.69. The maximum absolute atomic E-state index is 12.0. The molecule has 1 aliphatic carbocycles. The van der Waals surface area contributed by atoms with Gasteiger partial charge in [-0.25, -0.2) is 4.79 Å². The second-order valence-electron chi connectivity index (χ2n) is 7.02. The molecule has 0 aromatic carbocycles. The molecule has 0 radical (unpaired) electrons. The number of carbonyl (C=O) groups is 1. The number of rotatable bonds is 4. The van der Waals surface area contributed by atoms with E-state index in [4.69, 9.17) is 14.2 Å². The Bertz CT molecular complexity index is 674. The van der Waals surface area contributed by atoms with Gasteiger partial charge in [0.2, 0.25) is 6.29 Å². The second-order valence-corrected chi connectivity index (χ2v) is 7.02. The largest absolute Gasteiger partial charge is 0.471 e. The van der Waals surface area contributed by atoms with Crippen LogP contribution in [-0.2, 0) is 23.7 Å². The molecular weight excluding hydrogens is 380 g/mol. The maximum Gasteiger partial charge on any atom is 0.339 e. The van der Waals surface area contributed by atoms with Crippen molar-refractivity contribution in [1.29, 1.82) is 0 Å². The lowest BCUT2D eigenvalue weighted by Gasteiger charge is -2.45. The highest BCUT2D eigenvalue weighted by molar-refractivity contribution is 5.91. The minimum absolute atomic E-state index is 0.311. The van der Waals surface area contributed by atoms with Crippen molar-refractivity contribution in [2.45, 2.75) is 55.6 Å². The maximum atomic E-state index is 12.0. The molecule has 0 unspecified atom stereocenters. The molecule has 11 nitrogen and oxygen atoms in total. The first-order chi connectivity index (χ1) is 13.2. The summed E-state index contributed by atoms with van der Waals surface area (Å²) in [5, 5.41) is 60.6. The molecule has 1 saturated heterocycles. The van der Waals surface area contributed by atoms with E-state index in [1.54, 1.807) is 6.92 Å². The molecule has 28 heavy (non-hydrogen) atoms. The Kier molecular flexibility index (Phi) is 5.81. The molecule has 1 fully saturated rings. The van der Waals surface area contributed by atoms with Gasteiger partial charge in [0.25, 0.3) is 0 Å². The lowest BCUT2D eigenvalue weighted by atomic mass is 9.78. The van der Waals surface area contributed by atoms with Gasteiger partial charge in [0, 0.05) is 0 Å². The predicted octanol–water partition coefficient (Wildman–Crippen LogP) is -3.12. The fraction of sp³-hybridized carbons (Fsp3) is 0.706. The number of carbonyl (C=O) groups excluding carboxylic acids is 1. The number of aliphatic hydroxyl groups is 6. The first kappa shape index (κ1) is 21.1. The number of fused-ring (bicyclic) bond motifs is 1. The van der Waals surface area contributed by atoms with E-state index in [0.29, 0.717) is 5.57 Å². The molecule has 0 aromatic heterocycles. The number of esters is 1. The van der Waals surface area contributed by atoms with E-state index in [1.807, 2.05) is 0 Å². The van der Waals surface area contributed by atoms with E-state index in [9.17, 15) is 35.4 Å². The van der Waals surface area contributed by atoms with Crippen LogP contribution in [0.2, 0.25) is 0 Å². The average molecular weight is 404 g/mol. The van der Waals surface area contributed by atoms with Gasteiger partial charge < -0.3 is 49.6 Å². The summed E-state index contributed by atoms with van der Waals surface area (Å²) < 4.78 is 20.9. The van der Waals surface area contributed by atoms with Gasteiger partial charge in [-0.1, -0.05) is 11.6 Å². The van der Waals surface area contributed by atoms with E-state index in [2.05, 4.69) is 4.74 Å². The van der Waals surface area contributed by atoms with Crippen LogP contribution >= 0.6 is 0 Å². The minimum Gasteiger partial charge on any atom is -0.471 e. The predicted molar refractivity (Wildman–Crippen MR) is 88.0 cm³/mol. The summed E-state index contributed by atoms with van der Waals surface area (Å²) in [7, 11) is 1.11. The monoisotopic (exact) mass is 404 g/mol. The summed E-state index contributed by atoms with van der Waals surface area (Å²) in [5.74, 6) is -1.96. The fourth-order valence-electron chi connectivity index (χ4n) is 3.81. The SMILES string of the molecule is COC(=O)C1=CO[C@@H](O[C@@H]2O[C@H](CO)[C@@H](O)[C@H](O)[C@H]2O)[C@H]2C(C)=C[C@@H](O)[C@@]12O. The molecule has 2 heterocycles. The molecule has 0 amide bonds. The lowest BCUT2D eigenvalue weighted by Crippen LogP contribution is -2.61. The molecular formula is C17H24O11. The van der Waals surface area contributed by atoms with Crippen LogP contribution in [0.15, 0.2) is 23.5 Å². The van der Waals surface area contributed by atoms with Crippen LogP contribution in [0, 0.1) is 5.92 Å². The molecule has 2 aliphatic heterocycles. The minimum atomic E-state index is -2.10. The highest BCUT2D eigenvalue weighted by atomic mass is 16.8. The van der Waals surface area contributed by atoms with Crippen LogP contribution in [0.5, 0.6) is 0 Å². The van der Waals surface area contributed by atoms with Gasteiger partial charge in [0.05, 0.1) is 19.6 Å². The van der Waals surface area contributed by atoms with E-state index < -0.39 is 67.2 Å². The molecule has 3 rings (SSSR count). The quantitative estimate of drug-likeness (QED) is 0.207. The molecule has 0 aromatic rings. The molecule has 0 bridgehead atoms. The third-order valence-electron chi connectivity index (χ3n) is 5.38. The van der Waals surface area contributed by atoms with E-state index >= 15 is 0 Å². The molecule has 0 spiro atoms. The van der Waals surface area contributed by atoms with E-state index in [-0.39, 0.29) is 5.57 Å². The molecule has 0 saturated carbocycles. The first-order valence-electron chi connectivity index (χ1n) is 8.65. The van der Waals surface area contributed by atoms with E-state index in [1.165, 1.54) is 6.08 Å². The van der Waals surface area contributed by atoms with Crippen LogP contribution in [-0.4, -0.2) is 99.0 Å². The Balaban J connectivity index is 1.88. The molecule has 6 N–H and O–H groups in total. The standard InChI is InChI=1S/C17H24O11/c1-6-3-9(19)17(24)7(14(23)25-2)5-26-15(10(6)17)28-16-13(22)12(21)11(20)8(4-18)27-16/h3,5,8-13,15-16,18-22,24H,4H2,1-2H3/t8-,9-,10-,11-,12+,13-,15+,16+,17+/m1/s1. The normalized spacial score (nSPS) is 45.6. The highest BCUT2D eigenvalue weighted by Crippen LogP contribution is 2.47. The van der Waals surface area contributed by atoms with Crippen LogP contribution in [0.3, 0.4) is 0 Å². The van der Waals surface area contributed by atoms with E-state index in [0.717, 1.165) is 13.4 Å². The summed E-state index contributed by atoms with van der Waals surface area (Å²) in [6.45, 7) is 0.937. The van der Waals surface area contributed by atoms with Crippen molar-refractivity contribution in [3.63, 3.8) is 0 Å². The van der Waals surface area contributed by atoms with Crippen LogP contribution in [0.1, 0.15) is 6.92 Å². The van der Waals surface area contributed by atoms with Gasteiger partial charge in [0.15, 0.2) is 6.29 Å². The highest BCUT2D eigenvalue weighted by Gasteiger charge is 2.60. The summed E-state index contributed by atoms with van der Waals surface area (Å²) in [4.78, 5) is 12.0. The van der Waals surface area contributed by atoms with Crippen molar-refractivity contribution >= 4 is 5.97 Å². The summed E-state index contributed by atoms with van der Waals surface area (Å²) in [6, 6.07) is 0. The smallest absolute Gasteiger partial charge is 0.339 e. The van der Waals surface area contributed by atoms with Gasteiger partial charge in [-0.3, -0.25) is 0 Å². The number of hydrogen-bond donors (Lipinski definition) is 6. The zero-order valence-corrected chi connectivity index (χ0v) is 15.2. The number of aliphatic hydroxyl groups excluding tert-OH is 5. The number of ether oxygens (including phenoxy) is 4. The molecule has 3 aliphatic rings. The number of methoxy groups -OCH3 is 1. The van der Waals surface area contributed by atoms with Gasteiger partial charge in [-0.05, 0) is 6.92 Å². The van der Waals surface area contributed by atoms with Gasteiger partial charge >= 0.3 is 5.97 Å². The zero-order valence-electron chi connectivity index (χ0n) is 15.2. The van der Waals surface area contributed by atoms with Crippen molar-refractivity contribution in [2.75, 3.05) is 13.7 Å². The van der Waals surface area contributed by atoms with Crippen molar-refractivity contribution in [1.82, 2.24) is 0 Å². The van der Waals surface area contributed by atoms with Gasteiger partial charge in [0.1, 0.15) is 48.0 Å². The number of hydrogen-bond acceptors (Lipinski definition) is 11. The third kappa shape index (κ3) is 3.13. The summed E-state index contributed by atoms with van der Waals surface area (Å²) in [5.41, 5.74) is -1.97. The average Bonchev–Trinajstić information content (AvgIpc) is 2.91. The Morgan fingerprint density at radius 3 is 2.46 bits per heavy atom. The molecule has 11 heteroatoms. The van der Waals surface area contributed by atoms with Gasteiger partial charge in [-0.2, -0.15) is 0 Å². The Hall–Kier alpha value is -1.57. The summed E-state index contributed by atoms with van der Waals surface area (Å²) >= 11 is 0. The van der Waals surface area contributed by atoms with Crippen LogP contribution < -0.4 is 0 Å². The molecule has 9 atom stereocenters. The fourth-order valence-corrected chi connectivity index (χ4v) is 3.81. The molecule has 158 valence electrons. The van der Waals surface area contributed by atoms with Crippen molar-refractivity contribution < 1.29 is 54.4 Å². The Morgan fingerprint density at radius 2 is 1.86 bits per heavy atom. The van der Waals surface area contributed by atoms with Crippen molar-refractivity contribution in [3.05, 3.63) is 23.5 Å². The van der Waals surface area contributed by atoms with Crippen molar-refractivity contribution in [3.8, 4) is 0 Å². The topological polar surface area (TPSA) is 175 Å². The zero-order chi connectivity index (χ0) is 20.8. The van der Waals surface area contributed by atoms with Gasteiger partial charge in [-0.15, -0.1) is 0 Å².